The van der Waals surface area contributed by atoms with Crippen molar-refractivity contribution in [2.45, 2.75) is 91.3 Å². The quantitative estimate of drug-likeness (QED) is 0.319. The molecule has 5 rings (SSSR count). The fourth-order valence-electron chi connectivity index (χ4n) is 8.41. The predicted octanol–water partition coefficient (Wildman–Crippen LogP) is 7.45. The van der Waals surface area contributed by atoms with Gasteiger partial charge in [-0.2, -0.15) is 0 Å². The number of hydrogen-bond donors (Lipinski definition) is 0. The van der Waals surface area contributed by atoms with Crippen molar-refractivity contribution >= 4 is 23.5 Å². The molecule has 0 aromatic heterocycles. The van der Waals surface area contributed by atoms with Gasteiger partial charge in [0.15, 0.2) is 0 Å². The highest BCUT2D eigenvalue weighted by Gasteiger charge is 2.60. The highest BCUT2D eigenvalue weighted by molar-refractivity contribution is 6.30. The Kier molecular flexibility index (Phi) is 6.57. The van der Waals surface area contributed by atoms with E-state index in [0.717, 1.165) is 50.5 Å². The summed E-state index contributed by atoms with van der Waals surface area (Å²) in [5, 5.41) is 0.688. The third-order valence-corrected chi connectivity index (χ3v) is 10.6. The zero-order chi connectivity index (χ0) is 25.0. The summed E-state index contributed by atoms with van der Waals surface area (Å²) in [6.45, 7) is 8.28. The second kappa shape index (κ2) is 9.25. The smallest absolute Gasteiger partial charge is 0.310 e. The van der Waals surface area contributed by atoms with Crippen molar-refractivity contribution in [3.8, 4) is 0 Å². The van der Waals surface area contributed by atoms with Gasteiger partial charge in [-0.3, -0.25) is 9.59 Å². The number of carbonyl (C=O) groups excluding carboxylic acids is 2. The number of fused-ring (bicyclic) bond motifs is 5. The number of hydrogen-bond acceptors (Lipinski definition) is 4. The van der Waals surface area contributed by atoms with E-state index in [1.54, 1.807) is 0 Å². The molecule has 190 valence electrons. The van der Waals surface area contributed by atoms with Gasteiger partial charge < -0.3 is 9.47 Å². The summed E-state index contributed by atoms with van der Waals surface area (Å²) in [6.07, 6.45) is 10.5. The van der Waals surface area contributed by atoms with E-state index in [9.17, 15) is 9.59 Å². The van der Waals surface area contributed by atoms with E-state index in [0.29, 0.717) is 22.8 Å². The zero-order valence-electron chi connectivity index (χ0n) is 21.5. The molecule has 8 atom stereocenters. The first kappa shape index (κ1) is 24.9. The molecule has 0 spiro atoms. The number of allylic oxidation sites excluding steroid dienone is 1. The lowest BCUT2D eigenvalue weighted by molar-refractivity contribution is -0.161. The van der Waals surface area contributed by atoms with Crippen LogP contribution in [0.4, 0.5) is 0 Å². The fraction of sp³-hybridized carbons (Fsp3) is 0.667. The van der Waals surface area contributed by atoms with Crippen molar-refractivity contribution in [3.63, 3.8) is 0 Å². The maximum atomic E-state index is 13.4. The minimum Gasteiger partial charge on any atom is -0.462 e. The normalized spacial score (nSPS) is 38.9. The Bertz CT molecular complexity index is 1020. The van der Waals surface area contributed by atoms with Crippen molar-refractivity contribution in [1.82, 2.24) is 0 Å². The van der Waals surface area contributed by atoms with Crippen LogP contribution in [0.2, 0.25) is 5.02 Å². The lowest BCUT2D eigenvalue weighted by atomic mass is 9.47. The highest BCUT2D eigenvalue weighted by atomic mass is 35.5. The van der Waals surface area contributed by atoms with Gasteiger partial charge in [0.1, 0.15) is 12.2 Å². The molecule has 0 saturated heterocycles. The molecule has 5 heteroatoms. The van der Waals surface area contributed by atoms with Gasteiger partial charge in [0.25, 0.3) is 0 Å². The molecular weight excluding hydrogens is 460 g/mol. The van der Waals surface area contributed by atoms with Crippen LogP contribution in [0, 0.1) is 34.5 Å². The lowest BCUT2D eigenvalue weighted by Crippen LogP contribution is -2.51. The van der Waals surface area contributed by atoms with Crippen molar-refractivity contribution in [2.24, 2.45) is 34.5 Å². The van der Waals surface area contributed by atoms with Crippen LogP contribution in [0.3, 0.4) is 0 Å². The molecule has 35 heavy (non-hydrogen) atoms. The Morgan fingerprint density at radius 3 is 2.49 bits per heavy atom. The molecule has 4 nitrogen and oxygen atoms in total. The topological polar surface area (TPSA) is 52.6 Å². The molecule has 1 aromatic carbocycles. The summed E-state index contributed by atoms with van der Waals surface area (Å²) in [5.41, 5.74) is 2.69. The second-order valence-corrected chi connectivity index (χ2v) is 12.5. The molecule has 1 aromatic rings. The average Bonchev–Trinajstić information content (AvgIpc) is 3.16. The molecule has 0 unspecified atom stereocenters. The van der Waals surface area contributed by atoms with Crippen LogP contribution in [0.25, 0.3) is 0 Å². The van der Waals surface area contributed by atoms with Gasteiger partial charge in [0.2, 0.25) is 0 Å². The lowest BCUT2D eigenvalue weighted by Gasteiger charge is -2.57. The molecule has 0 heterocycles. The second-order valence-electron chi connectivity index (χ2n) is 12.0. The van der Waals surface area contributed by atoms with Crippen LogP contribution in [0.15, 0.2) is 35.9 Å². The van der Waals surface area contributed by atoms with Crippen LogP contribution in [-0.4, -0.2) is 18.0 Å². The first-order valence-electron chi connectivity index (χ1n) is 13.4. The van der Waals surface area contributed by atoms with E-state index >= 15 is 0 Å². The number of carbonyl (C=O) groups is 2. The van der Waals surface area contributed by atoms with Gasteiger partial charge in [-0.25, -0.2) is 0 Å². The standard InChI is InChI=1S/C30H39ClO4/c1-18(20-5-8-22(31)9-6-20)34-28(33)27-12-11-25-24-10-7-21-17-23(35-19(2)32)13-15-29(21,3)26(24)14-16-30(25,27)4/h5-9,18,23-27H,10-17H2,1-4H3/t18-,23+,24+,25+,26+,27-,29+,30+/m1/s1. The number of rotatable bonds is 4. The van der Waals surface area contributed by atoms with Crippen LogP contribution >= 0.6 is 11.6 Å². The molecule has 0 radical (unpaired) electrons. The van der Waals surface area contributed by atoms with Gasteiger partial charge in [-0.1, -0.05) is 49.2 Å². The molecule has 0 aliphatic heterocycles. The molecule has 3 fully saturated rings. The third kappa shape index (κ3) is 4.34. The first-order chi connectivity index (χ1) is 16.6. The largest absolute Gasteiger partial charge is 0.462 e. The van der Waals surface area contributed by atoms with E-state index in [4.69, 9.17) is 21.1 Å². The number of halogens is 1. The Morgan fingerprint density at radius 2 is 1.77 bits per heavy atom. The maximum absolute atomic E-state index is 13.4. The fourth-order valence-corrected chi connectivity index (χ4v) is 8.53. The molecule has 0 N–H and O–H groups in total. The highest BCUT2D eigenvalue weighted by Crippen LogP contribution is 2.66. The summed E-state index contributed by atoms with van der Waals surface area (Å²) < 4.78 is 11.6. The van der Waals surface area contributed by atoms with Crippen molar-refractivity contribution in [2.75, 3.05) is 0 Å². The summed E-state index contributed by atoms with van der Waals surface area (Å²) in [4.78, 5) is 24.9. The summed E-state index contributed by atoms with van der Waals surface area (Å²) in [7, 11) is 0. The predicted molar refractivity (Wildman–Crippen MR) is 137 cm³/mol. The number of ether oxygens (including phenoxy) is 2. The molecule has 4 aliphatic rings. The van der Waals surface area contributed by atoms with Gasteiger partial charge in [0.05, 0.1) is 5.92 Å². The Labute approximate surface area is 214 Å². The summed E-state index contributed by atoms with van der Waals surface area (Å²) in [6, 6.07) is 7.57. The first-order valence-corrected chi connectivity index (χ1v) is 13.8. The molecule has 3 saturated carbocycles. The van der Waals surface area contributed by atoms with Gasteiger partial charge in [-0.05, 0) is 98.1 Å². The maximum Gasteiger partial charge on any atom is 0.310 e. The molecule has 0 amide bonds. The number of benzene rings is 1. The summed E-state index contributed by atoms with van der Waals surface area (Å²) in [5.74, 6) is 1.61. The van der Waals surface area contributed by atoms with E-state index < -0.39 is 0 Å². The SMILES string of the molecule is CC(=O)O[C@H]1CC[C@@]2(C)C(=CC[C@H]3[C@@H]4CC[C@H](C(=O)O[C@H](C)c5ccc(Cl)cc5)[C@@]4(C)CC[C@@H]32)C1. The summed E-state index contributed by atoms with van der Waals surface area (Å²) >= 11 is 6.02. The van der Waals surface area contributed by atoms with Gasteiger partial charge >= 0.3 is 11.9 Å². The van der Waals surface area contributed by atoms with Crippen LogP contribution in [0.1, 0.15) is 90.7 Å². The Morgan fingerprint density at radius 1 is 1.03 bits per heavy atom. The van der Waals surface area contributed by atoms with E-state index in [1.165, 1.54) is 18.9 Å². The molecule has 0 bridgehead atoms. The molecular formula is C30H39ClO4. The van der Waals surface area contributed by atoms with Crippen molar-refractivity contribution in [3.05, 3.63) is 46.5 Å². The molecule has 4 aliphatic carbocycles. The van der Waals surface area contributed by atoms with E-state index in [-0.39, 0.29) is 40.9 Å². The van der Waals surface area contributed by atoms with Crippen LogP contribution < -0.4 is 0 Å². The Hall–Kier alpha value is -1.81. The minimum absolute atomic E-state index is 0.00854. The van der Waals surface area contributed by atoms with E-state index in [2.05, 4.69) is 19.9 Å². The van der Waals surface area contributed by atoms with Gasteiger partial charge in [-0.15, -0.1) is 0 Å². The van der Waals surface area contributed by atoms with E-state index in [1.807, 2.05) is 31.2 Å². The minimum atomic E-state index is -0.273. The third-order valence-electron chi connectivity index (χ3n) is 10.3. The zero-order valence-corrected chi connectivity index (χ0v) is 22.3. The number of esters is 2. The Balaban J connectivity index is 1.30. The van der Waals surface area contributed by atoms with Crippen LogP contribution in [-0.2, 0) is 19.1 Å². The monoisotopic (exact) mass is 498 g/mol. The van der Waals surface area contributed by atoms with Crippen molar-refractivity contribution in [1.29, 1.82) is 0 Å². The van der Waals surface area contributed by atoms with Crippen molar-refractivity contribution < 1.29 is 19.1 Å². The van der Waals surface area contributed by atoms with Gasteiger partial charge in [0, 0.05) is 18.4 Å². The average molecular weight is 499 g/mol. The van der Waals surface area contributed by atoms with Crippen LogP contribution in [0.5, 0.6) is 0 Å².